The third-order valence-electron chi connectivity index (χ3n) is 1.86. The third kappa shape index (κ3) is 5.38. The first kappa shape index (κ1) is 12.5. The second-order valence-corrected chi connectivity index (χ2v) is 3.26. The van der Waals surface area contributed by atoms with Gasteiger partial charge < -0.3 is 4.74 Å². The fourth-order valence-corrected chi connectivity index (χ4v) is 1.05. The molecular formula is C11H11F3O2. The standard InChI is InChI=1S/C11H11F3O2/c12-11(13,14)7-6-10(15)16-8-9-4-2-1-3-5-9/h1-5H,6-8H2. The van der Waals surface area contributed by atoms with E-state index >= 15 is 0 Å². The maximum Gasteiger partial charge on any atom is 0.389 e. The van der Waals surface area contributed by atoms with Crippen molar-refractivity contribution >= 4 is 5.97 Å². The van der Waals surface area contributed by atoms with Crippen LogP contribution >= 0.6 is 0 Å². The Morgan fingerprint density at radius 2 is 1.81 bits per heavy atom. The summed E-state index contributed by atoms with van der Waals surface area (Å²) in [5.74, 6) is -0.832. The number of esters is 1. The lowest BCUT2D eigenvalue weighted by Gasteiger charge is -2.06. The molecular weight excluding hydrogens is 221 g/mol. The van der Waals surface area contributed by atoms with E-state index in [2.05, 4.69) is 4.74 Å². The van der Waals surface area contributed by atoms with E-state index < -0.39 is 25.0 Å². The molecule has 0 amide bonds. The summed E-state index contributed by atoms with van der Waals surface area (Å²) in [5.41, 5.74) is 0.753. The van der Waals surface area contributed by atoms with Gasteiger partial charge in [-0.2, -0.15) is 13.2 Å². The van der Waals surface area contributed by atoms with Crippen molar-refractivity contribution in [3.05, 3.63) is 35.9 Å². The lowest BCUT2D eigenvalue weighted by atomic mass is 10.2. The van der Waals surface area contributed by atoms with Gasteiger partial charge in [0.2, 0.25) is 0 Å². The first-order valence-corrected chi connectivity index (χ1v) is 4.74. The second kappa shape index (κ2) is 5.53. The molecule has 0 aromatic heterocycles. The summed E-state index contributed by atoms with van der Waals surface area (Å²) in [7, 11) is 0. The van der Waals surface area contributed by atoms with Crippen LogP contribution in [0.4, 0.5) is 13.2 Å². The van der Waals surface area contributed by atoms with Gasteiger partial charge in [0, 0.05) is 0 Å². The number of halogens is 3. The van der Waals surface area contributed by atoms with E-state index in [-0.39, 0.29) is 6.61 Å². The highest BCUT2D eigenvalue weighted by Crippen LogP contribution is 2.21. The zero-order chi connectivity index (χ0) is 12.0. The van der Waals surface area contributed by atoms with Crippen molar-refractivity contribution in [2.24, 2.45) is 0 Å². The van der Waals surface area contributed by atoms with Crippen LogP contribution in [0.5, 0.6) is 0 Å². The Morgan fingerprint density at radius 1 is 1.19 bits per heavy atom. The fourth-order valence-electron chi connectivity index (χ4n) is 1.05. The Bertz CT molecular complexity index is 333. The maximum absolute atomic E-state index is 11.8. The number of alkyl halides is 3. The van der Waals surface area contributed by atoms with Crippen LogP contribution in [-0.2, 0) is 16.1 Å². The quantitative estimate of drug-likeness (QED) is 0.746. The Hall–Kier alpha value is -1.52. The van der Waals surface area contributed by atoms with E-state index in [0.717, 1.165) is 5.56 Å². The monoisotopic (exact) mass is 232 g/mol. The minimum absolute atomic E-state index is 0.0114. The number of ether oxygens (including phenoxy) is 1. The van der Waals surface area contributed by atoms with Crippen molar-refractivity contribution < 1.29 is 22.7 Å². The fraction of sp³-hybridized carbons (Fsp3) is 0.364. The van der Waals surface area contributed by atoms with Gasteiger partial charge in [0.05, 0.1) is 12.8 Å². The molecule has 0 aliphatic heterocycles. The Morgan fingerprint density at radius 3 is 2.38 bits per heavy atom. The Labute approximate surface area is 91.0 Å². The van der Waals surface area contributed by atoms with Gasteiger partial charge in [0.15, 0.2) is 0 Å². The summed E-state index contributed by atoms with van der Waals surface area (Å²) in [5, 5.41) is 0. The normalized spacial score (nSPS) is 11.2. The Balaban J connectivity index is 2.26. The van der Waals surface area contributed by atoms with Crippen molar-refractivity contribution in [1.82, 2.24) is 0 Å². The molecule has 0 radical (unpaired) electrons. The summed E-state index contributed by atoms with van der Waals surface area (Å²) >= 11 is 0. The molecule has 1 aromatic carbocycles. The van der Waals surface area contributed by atoms with Crippen molar-refractivity contribution in [3.63, 3.8) is 0 Å². The van der Waals surface area contributed by atoms with Crippen LogP contribution in [0.1, 0.15) is 18.4 Å². The molecule has 0 bridgehead atoms. The molecule has 1 rings (SSSR count). The smallest absolute Gasteiger partial charge is 0.389 e. The van der Waals surface area contributed by atoms with E-state index in [1.165, 1.54) is 0 Å². The predicted octanol–water partition coefficient (Wildman–Crippen LogP) is 3.07. The van der Waals surface area contributed by atoms with E-state index in [1.54, 1.807) is 30.3 Å². The van der Waals surface area contributed by atoms with Crippen LogP contribution < -0.4 is 0 Å². The third-order valence-corrected chi connectivity index (χ3v) is 1.86. The summed E-state index contributed by atoms with van der Waals surface area (Å²) in [6, 6.07) is 8.79. The summed E-state index contributed by atoms with van der Waals surface area (Å²) < 4.78 is 40.0. The van der Waals surface area contributed by atoms with Crippen molar-refractivity contribution in [2.45, 2.75) is 25.6 Å². The zero-order valence-corrected chi connectivity index (χ0v) is 8.46. The minimum atomic E-state index is -4.31. The molecule has 16 heavy (non-hydrogen) atoms. The Kier molecular flexibility index (Phi) is 4.34. The molecule has 88 valence electrons. The van der Waals surface area contributed by atoms with Crippen molar-refractivity contribution in [2.75, 3.05) is 0 Å². The van der Waals surface area contributed by atoms with Gasteiger partial charge in [0.1, 0.15) is 6.61 Å². The van der Waals surface area contributed by atoms with E-state index in [9.17, 15) is 18.0 Å². The molecule has 0 N–H and O–H groups in total. The molecule has 0 aliphatic rings. The molecule has 0 heterocycles. The van der Waals surface area contributed by atoms with Gasteiger partial charge in [-0.15, -0.1) is 0 Å². The highest BCUT2D eigenvalue weighted by atomic mass is 19.4. The second-order valence-electron chi connectivity index (χ2n) is 3.26. The average molecular weight is 232 g/mol. The molecule has 0 unspecified atom stereocenters. The number of rotatable bonds is 4. The topological polar surface area (TPSA) is 26.3 Å². The zero-order valence-electron chi connectivity index (χ0n) is 8.46. The van der Waals surface area contributed by atoms with Crippen LogP contribution in [0, 0.1) is 0 Å². The van der Waals surface area contributed by atoms with Crippen LogP contribution in [0.2, 0.25) is 0 Å². The summed E-state index contributed by atoms with van der Waals surface area (Å²) in [6.45, 7) is 0.0114. The van der Waals surface area contributed by atoms with Gasteiger partial charge in [-0.25, -0.2) is 0 Å². The van der Waals surface area contributed by atoms with E-state index in [0.29, 0.717) is 0 Å². The van der Waals surface area contributed by atoms with Gasteiger partial charge in [0.25, 0.3) is 0 Å². The first-order chi connectivity index (χ1) is 7.47. The van der Waals surface area contributed by atoms with Gasteiger partial charge in [-0.1, -0.05) is 30.3 Å². The van der Waals surface area contributed by atoms with Crippen molar-refractivity contribution in [3.8, 4) is 0 Å². The van der Waals surface area contributed by atoms with Crippen molar-refractivity contribution in [1.29, 1.82) is 0 Å². The van der Waals surface area contributed by atoms with Crippen LogP contribution in [0.3, 0.4) is 0 Å². The van der Waals surface area contributed by atoms with Gasteiger partial charge in [-0.3, -0.25) is 4.79 Å². The number of hydrogen-bond acceptors (Lipinski definition) is 2. The lowest BCUT2D eigenvalue weighted by molar-refractivity contribution is -0.158. The van der Waals surface area contributed by atoms with Gasteiger partial charge >= 0.3 is 12.1 Å². The highest BCUT2D eigenvalue weighted by molar-refractivity contribution is 5.69. The maximum atomic E-state index is 11.8. The molecule has 0 aliphatic carbocycles. The highest BCUT2D eigenvalue weighted by Gasteiger charge is 2.28. The van der Waals surface area contributed by atoms with Gasteiger partial charge in [-0.05, 0) is 5.56 Å². The molecule has 2 nitrogen and oxygen atoms in total. The SMILES string of the molecule is O=C(CCC(F)(F)F)OCc1ccccc1. The molecule has 0 saturated carbocycles. The summed E-state index contributed by atoms with van der Waals surface area (Å²) in [6.07, 6.45) is -6.08. The molecule has 1 aromatic rings. The van der Waals surface area contributed by atoms with Crippen LogP contribution in [0.15, 0.2) is 30.3 Å². The first-order valence-electron chi connectivity index (χ1n) is 4.74. The van der Waals surface area contributed by atoms with Crippen LogP contribution in [0.25, 0.3) is 0 Å². The predicted molar refractivity (Wildman–Crippen MR) is 51.5 cm³/mol. The minimum Gasteiger partial charge on any atom is -0.461 e. The summed E-state index contributed by atoms with van der Waals surface area (Å²) in [4.78, 5) is 10.9. The molecule has 0 saturated heterocycles. The molecule has 5 heteroatoms. The molecule has 0 spiro atoms. The van der Waals surface area contributed by atoms with E-state index in [1.807, 2.05) is 0 Å². The van der Waals surface area contributed by atoms with Crippen LogP contribution in [-0.4, -0.2) is 12.1 Å². The lowest BCUT2D eigenvalue weighted by Crippen LogP contribution is -2.12. The number of benzene rings is 1. The number of hydrogen-bond donors (Lipinski definition) is 0. The largest absolute Gasteiger partial charge is 0.461 e. The number of carbonyl (C=O) groups excluding carboxylic acids is 1. The average Bonchev–Trinajstić information content (AvgIpc) is 2.24. The van der Waals surface area contributed by atoms with E-state index in [4.69, 9.17) is 0 Å². The molecule has 0 atom stereocenters. The number of carbonyl (C=O) groups is 1. The molecule has 0 fully saturated rings.